The van der Waals surface area contributed by atoms with Crippen LogP contribution in [0.3, 0.4) is 0 Å². The highest BCUT2D eigenvalue weighted by Crippen LogP contribution is 2.32. The molecule has 0 atom stereocenters. The highest BCUT2D eigenvalue weighted by atomic mass is 32.2. The average Bonchev–Trinajstić information content (AvgIpc) is 3.37. The minimum Gasteiger partial charge on any atom is -0.326 e. The lowest BCUT2D eigenvalue weighted by atomic mass is 9.85. The summed E-state index contributed by atoms with van der Waals surface area (Å²) in [6, 6.07) is 10.7. The van der Waals surface area contributed by atoms with Crippen molar-refractivity contribution in [2.24, 2.45) is 5.92 Å². The first-order chi connectivity index (χ1) is 13.0. The highest BCUT2D eigenvalue weighted by Gasteiger charge is 2.29. The Bertz CT molecular complexity index is 993. The maximum atomic E-state index is 13.1. The number of rotatable bonds is 5. The minimum atomic E-state index is -3.75. The van der Waals surface area contributed by atoms with Crippen molar-refractivity contribution in [1.82, 2.24) is 0 Å². The van der Waals surface area contributed by atoms with Gasteiger partial charge in [-0.2, -0.15) is 0 Å². The summed E-state index contributed by atoms with van der Waals surface area (Å²) >= 11 is 0. The molecule has 1 aliphatic rings. The number of amides is 1. The summed E-state index contributed by atoms with van der Waals surface area (Å²) in [5, 5.41) is 2.84. The van der Waals surface area contributed by atoms with Crippen LogP contribution in [0, 0.1) is 19.8 Å². The number of sulfonamides is 1. The van der Waals surface area contributed by atoms with Gasteiger partial charge >= 0.3 is 0 Å². The van der Waals surface area contributed by atoms with E-state index in [1.165, 1.54) is 0 Å². The van der Waals surface area contributed by atoms with Crippen LogP contribution in [-0.2, 0) is 20.2 Å². The van der Waals surface area contributed by atoms with Crippen LogP contribution in [0.2, 0.25) is 0 Å². The molecule has 1 aliphatic carbocycles. The molecular weight excluding hydrogens is 372 g/mol. The fourth-order valence-corrected chi connectivity index (χ4v) is 4.77. The number of benzene rings is 2. The van der Waals surface area contributed by atoms with Crippen molar-refractivity contribution < 1.29 is 13.2 Å². The molecule has 5 nitrogen and oxygen atoms in total. The molecule has 0 heterocycles. The van der Waals surface area contributed by atoms with Crippen molar-refractivity contribution in [3.8, 4) is 0 Å². The quantitative estimate of drug-likeness (QED) is 0.760. The molecule has 0 aromatic heterocycles. The first-order valence-electron chi connectivity index (χ1n) is 9.53. The molecule has 1 fully saturated rings. The van der Waals surface area contributed by atoms with Crippen molar-refractivity contribution in [1.29, 1.82) is 0 Å². The normalized spacial score (nSPS) is 14.6. The van der Waals surface area contributed by atoms with Crippen LogP contribution in [0.1, 0.15) is 50.3 Å². The topological polar surface area (TPSA) is 75.3 Å². The third kappa shape index (κ3) is 4.55. The van der Waals surface area contributed by atoms with Crippen molar-refractivity contribution in [3.05, 3.63) is 53.1 Å². The van der Waals surface area contributed by atoms with Crippen LogP contribution in [0.4, 0.5) is 11.4 Å². The van der Waals surface area contributed by atoms with Gasteiger partial charge in [0, 0.05) is 11.6 Å². The van der Waals surface area contributed by atoms with Crippen LogP contribution in [0.5, 0.6) is 0 Å². The van der Waals surface area contributed by atoms with Gasteiger partial charge in [-0.25, -0.2) is 8.42 Å². The zero-order chi connectivity index (χ0) is 20.7. The molecule has 28 heavy (non-hydrogen) atoms. The van der Waals surface area contributed by atoms with Crippen molar-refractivity contribution in [2.45, 2.75) is 57.8 Å². The summed E-state index contributed by atoms with van der Waals surface area (Å²) < 4.78 is 28.8. The molecule has 150 valence electrons. The van der Waals surface area contributed by atoms with E-state index in [9.17, 15) is 13.2 Å². The molecule has 2 aromatic carbocycles. The van der Waals surface area contributed by atoms with Crippen molar-refractivity contribution >= 4 is 27.3 Å². The molecule has 0 bridgehead atoms. The fourth-order valence-electron chi connectivity index (χ4n) is 3.26. The standard InChI is InChI=1S/C22H28N2O3S/c1-14-11-17(22(3,4)5)12-15(2)20(14)28(26,27)24-19-8-6-7-18(13-19)23-21(25)16-9-10-16/h6-8,11-13,16,24H,9-10H2,1-5H3,(H,23,25). The zero-order valence-corrected chi connectivity index (χ0v) is 17.9. The number of hydrogen-bond donors (Lipinski definition) is 2. The van der Waals surface area contributed by atoms with Gasteiger partial charge in [0.25, 0.3) is 10.0 Å². The fraction of sp³-hybridized carbons (Fsp3) is 0.409. The Morgan fingerprint density at radius 2 is 1.57 bits per heavy atom. The molecule has 0 saturated heterocycles. The van der Waals surface area contributed by atoms with E-state index in [1.54, 1.807) is 24.3 Å². The summed E-state index contributed by atoms with van der Waals surface area (Å²) in [6.07, 6.45) is 1.84. The lowest BCUT2D eigenvalue weighted by Gasteiger charge is -2.22. The highest BCUT2D eigenvalue weighted by molar-refractivity contribution is 7.92. The Hall–Kier alpha value is -2.34. The van der Waals surface area contributed by atoms with Crippen LogP contribution < -0.4 is 10.0 Å². The van der Waals surface area contributed by atoms with Gasteiger partial charge in [0.15, 0.2) is 0 Å². The smallest absolute Gasteiger partial charge is 0.262 e. The predicted molar refractivity (Wildman–Crippen MR) is 113 cm³/mol. The summed E-state index contributed by atoms with van der Waals surface area (Å²) in [6.45, 7) is 9.96. The van der Waals surface area contributed by atoms with Crippen LogP contribution in [-0.4, -0.2) is 14.3 Å². The largest absolute Gasteiger partial charge is 0.326 e. The van der Waals surface area contributed by atoms with E-state index in [0.29, 0.717) is 16.3 Å². The number of carbonyl (C=O) groups excluding carboxylic acids is 1. The number of aryl methyl sites for hydroxylation is 2. The van der Waals surface area contributed by atoms with Gasteiger partial charge in [0.1, 0.15) is 0 Å². The molecular formula is C22H28N2O3S. The third-order valence-electron chi connectivity index (χ3n) is 4.93. The molecule has 1 amide bonds. The average molecular weight is 401 g/mol. The number of nitrogens with one attached hydrogen (secondary N) is 2. The second-order valence-corrected chi connectivity index (χ2v) is 10.3. The summed E-state index contributed by atoms with van der Waals surface area (Å²) in [4.78, 5) is 12.2. The van der Waals surface area contributed by atoms with Gasteiger partial charge in [-0.3, -0.25) is 9.52 Å². The maximum Gasteiger partial charge on any atom is 0.262 e. The second kappa shape index (κ2) is 7.24. The zero-order valence-electron chi connectivity index (χ0n) is 17.1. The van der Waals surface area contributed by atoms with Gasteiger partial charge < -0.3 is 5.32 Å². The Labute approximate surface area is 167 Å². The Balaban J connectivity index is 1.87. The van der Waals surface area contributed by atoms with Crippen LogP contribution >= 0.6 is 0 Å². The summed E-state index contributed by atoms with van der Waals surface area (Å²) in [5.74, 6) is 0.0800. The lowest BCUT2D eigenvalue weighted by molar-refractivity contribution is -0.117. The molecule has 2 aromatic rings. The van der Waals surface area contributed by atoms with Crippen molar-refractivity contribution in [3.63, 3.8) is 0 Å². The Kier molecular flexibility index (Phi) is 5.28. The van der Waals surface area contributed by atoms with Gasteiger partial charge in [-0.1, -0.05) is 39.0 Å². The van der Waals surface area contributed by atoms with Crippen molar-refractivity contribution in [2.75, 3.05) is 10.0 Å². The van der Waals surface area contributed by atoms with Crippen LogP contribution in [0.25, 0.3) is 0 Å². The van der Waals surface area contributed by atoms with E-state index in [1.807, 2.05) is 26.0 Å². The van der Waals surface area contributed by atoms with E-state index in [2.05, 4.69) is 30.8 Å². The first-order valence-corrected chi connectivity index (χ1v) is 11.0. The lowest BCUT2D eigenvalue weighted by Crippen LogP contribution is -2.18. The molecule has 0 aliphatic heterocycles. The number of anilines is 2. The van der Waals surface area contributed by atoms with Gasteiger partial charge in [0.05, 0.1) is 10.6 Å². The van der Waals surface area contributed by atoms with E-state index in [4.69, 9.17) is 0 Å². The maximum absolute atomic E-state index is 13.1. The van der Waals surface area contributed by atoms with Gasteiger partial charge in [-0.15, -0.1) is 0 Å². The molecule has 2 N–H and O–H groups in total. The monoisotopic (exact) mass is 400 g/mol. The van der Waals surface area contributed by atoms with E-state index < -0.39 is 10.0 Å². The van der Waals surface area contributed by atoms with Crippen LogP contribution in [0.15, 0.2) is 41.3 Å². The number of hydrogen-bond acceptors (Lipinski definition) is 3. The molecule has 3 rings (SSSR count). The first kappa shape index (κ1) is 20.4. The van der Waals surface area contributed by atoms with Gasteiger partial charge in [-0.05, 0) is 67.0 Å². The minimum absolute atomic E-state index is 0.00975. The molecule has 0 spiro atoms. The predicted octanol–water partition coefficient (Wildman–Crippen LogP) is 4.75. The SMILES string of the molecule is Cc1cc(C(C)(C)C)cc(C)c1S(=O)(=O)Nc1cccc(NC(=O)C2CC2)c1. The van der Waals surface area contributed by atoms with E-state index >= 15 is 0 Å². The van der Waals surface area contributed by atoms with E-state index in [-0.39, 0.29) is 17.2 Å². The summed E-state index contributed by atoms with van der Waals surface area (Å²) in [7, 11) is -3.75. The molecule has 0 unspecified atom stereocenters. The van der Waals surface area contributed by atoms with E-state index in [0.717, 1.165) is 29.5 Å². The second-order valence-electron chi connectivity index (χ2n) is 8.64. The Morgan fingerprint density at radius 1 is 1.00 bits per heavy atom. The Morgan fingerprint density at radius 3 is 2.11 bits per heavy atom. The molecule has 6 heteroatoms. The van der Waals surface area contributed by atoms with Gasteiger partial charge in [0.2, 0.25) is 5.91 Å². The third-order valence-corrected chi connectivity index (χ3v) is 6.61. The molecule has 0 radical (unpaired) electrons. The number of carbonyl (C=O) groups is 1. The summed E-state index contributed by atoms with van der Waals surface area (Å²) in [5.41, 5.74) is 3.50. The molecule has 1 saturated carbocycles.